The summed E-state index contributed by atoms with van der Waals surface area (Å²) in [4.78, 5) is 27.9. The monoisotopic (exact) mass is 317 g/mol. The van der Waals surface area contributed by atoms with Crippen LogP contribution in [0.5, 0.6) is 0 Å². The Morgan fingerprint density at radius 1 is 1.26 bits per heavy atom. The first-order chi connectivity index (χ1) is 11.0. The average molecular weight is 317 g/mol. The molecule has 0 fully saturated rings. The first kappa shape index (κ1) is 17.0. The van der Waals surface area contributed by atoms with Gasteiger partial charge in [-0.25, -0.2) is 4.98 Å². The van der Waals surface area contributed by atoms with Crippen molar-refractivity contribution in [2.75, 3.05) is 6.54 Å². The summed E-state index contributed by atoms with van der Waals surface area (Å²) in [6.45, 7) is 5.91. The zero-order valence-electron chi connectivity index (χ0n) is 13.8. The number of rotatable bonds is 7. The van der Waals surface area contributed by atoms with Crippen LogP contribution in [0.15, 0.2) is 30.6 Å². The van der Waals surface area contributed by atoms with Crippen molar-refractivity contribution in [3.05, 3.63) is 30.6 Å². The normalized spacial score (nSPS) is 12.3. The Balaban J connectivity index is 1.83. The SMILES string of the molecule is CC(C)OC(=O)CCCNC(=O)[C@@H](C)n1cnc2ccccc21. The molecule has 0 aliphatic rings. The smallest absolute Gasteiger partial charge is 0.306 e. The zero-order chi connectivity index (χ0) is 16.8. The van der Waals surface area contributed by atoms with Gasteiger partial charge < -0.3 is 14.6 Å². The molecule has 1 aromatic carbocycles. The first-order valence-corrected chi connectivity index (χ1v) is 7.88. The van der Waals surface area contributed by atoms with Gasteiger partial charge in [-0.2, -0.15) is 0 Å². The summed E-state index contributed by atoms with van der Waals surface area (Å²) < 4.78 is 6.89. The van der Waals surface area contributed by atoms with Gasteiger partial charge in [-0.3, -0.25) is 9.59 Å². The highest BCUT2D eigenvalue weighted by atomic mass is 16.5. The van der Waals surface area contributed by atoms with E-state index in [1.54, 1.807) is 6.33 Å². The molecule has 2 rings (SSSR count). The van der Waals surface area contributed by atoms with Gasteiger partial charge in [-0.1, -0.05) is 12.1 Å². The molecule has 1 heterocycles. The molecule has 2 aromatic rings. The number of carbonyl (C=O) groups excluding carboxylic acids is 2. The lowest BCUT2D eigenvalue weighted by atomic mass is 10.2. The highest BCUT2D eigenvalue weighted by molar-refractivity contribution is 5.83. The van der Waals surface area contributed by atoms with Crippen LogP contribution in [-0.4, -0.2) is 34.1 Å². The van der Waals surface area contributed by atoms with Crippen molar-refractivity contribution >= 4 is 22.9 Å². The second kappa shape index (κ2) is 7.76. The molecule has 0 radical (unpaired) electrons. The molecule has 124 valence electrons. The lowest BCUT2D eigenvalue weighted by Gasteiger charge is -2.14. The van der Waals surface area contributed by atoms with E-state index in [1.165, 1.54) is 0 Å². The van der Waals surface area contributed by atoms with Crippen molar-refractivity contribution < 1.29 is 14.3 Å². The zero-order valence-corrected chi connectivity index (χ0v) is 13.8. The van der Waals surface area contributed by atoms with Crippen LogP contribution in [-0.2, 0) is 14.3 Å². The number of ether oxygens (including phenoxy) is 1. The molecular weight excluding hydrogens is 294 g/mol. The van der Waals surface area contributed by atoms with Gasteiger partial charge in [0.1, 0.15) is 6.04 Å². The fourth-order valence-corrected chi connectivity index (χ4v) is 2.33. The number of hydrogen-bond acceptors (Lipinski definition) is 4. The number of hydrogen-bond donors (Lipinski definition) is 1. The van der Waals surface area contributed by atoms with Crippen LogP contribution in [0.1, 0.15) is 39.7 Å². The number of aromatic nitrogens is 2. The van der Waals surface area contributed by atoms with Gasteiger partial charge in [-0.05, 0) is 39.3 Å². The molecule has 0 spiro atoms. The minimum atomic E-state index is -0.356. The van der Waals surface area contributed by atoms with E-state index in [-0.39, 0.29) is 24.0 Å². The number of para-hydroxylation sites is 2. The number of amides is 1. The second-order valence-corrected chi connectivity index (χ2v) is 5.75. The van der Waals surface area contributed by atoms with Gasteiger partial charge in [0.05, 0.1) is 23.5 Å². The minimum absolute atomic E-state index is 0.0922. The molecule has 6 heteroatoms. The van der Waals surface area contributed by atoms with Gasteiger partial charge in [0, 0.05) is 13.0 Å². The van der Waals surface area contributed by atoms with E-state index in [0.29, 0.717) is 19.4 Å². The quantitative estimate of drug-likeness (QED) is 0.629. The third kappa shape index (κ3) is 4.55. The van der Waals surface area contributed by atoms with Crippen LogP contribution in [0.4, 0.5) is 0 Å². The molecule has 1 amide bonds. The molecule has 1 aromatic heterocycles. The number of nitrogens with one attached hydrogen (secondary N) is 1. The van der Waals surface area contributed by atoms with Crippen LogP contribution < -0.4 is 5.32 Å². The van der Waals surface area contributed by atoms with Crippen LogP contribution >= 0.6 is 0 Å². The Hall–Kier alpha value is -2.37. The average Bonchev–Trinajstić information content (AvgIpc) is 2.94. The Kier molecular flexibility index (Phi) is 5.73. The maximum atomic E-state index is 12.2. The van der Waals surface area contributed by atoms with E-state index >= 15 is 0 Å². The second-order valence-electron chi connectivity index (χ2n) is 5.75. The van der Waals surface area contributed by atoms with E-state index in [9.17, 15) is 9.59 Å². The maximum Gasteiger partial charge on any atom is 0.306 e. The largest absolute Gasteiger partial charge is 0.463 e. The predicted molar refractivity (Wildman–Crippen MR) is 87.9 cm³/mol. The molecule has 0 aliphatic carbocycles. The summed E-state index contributed by atoms with van der Waals surface area (Å²) in [5.41, 5.74) is 1.79. The summed E-state index contributed by atoms with van der Waals surface area (Å²) in [7, 11) is 0. The standard InChI is InChI=1S/C17H23N3O3/c1-12(2)23-16(21)9-6-10-18-17(22)13(3)20-11-19-14-7-4-5-8-15(14)20/h4-5,7-8,11-13H,6,9-10H2,1-3H3,(H,18,22)/t13-/m1/s1. The van der Waals surface area contributed by atoms with E-state index in [2.05, 4.69) is 10.3 Å². The third-order valence-electron chi connectivity index (χ3n) is 3.50. The van der Waals surface area contributed by atoms with Crippen molar-refractivity contribution in [1.82, 2.24) is 14.9 Å². The Morgan fingerprint density at radius 3 is 2.74 bits per heavy atom. The van der Waals surface area contributed by atoms with Crippen LogP contribution in [0.25, 0.3) is 11.0 Å². The molecule has 0 saturated heterocycles. The first-order valence-electron chi connectivity index (χ1n) is 7.88. The van der Waals surface area contributed by atoms with Crippen LogP contribution in [0.2, 0.25) is 0 Å². The molecule has 6 nitrogen and oxygen atoms in total. The van der Waals surface area contributed by atoms with Gasteiger partial charge in [0.15, 0.2) is 0 Å². The van der Waals surface area contributed by atoms with Crippen molar-refractivity contribution in [3.63, 3.8) is 0 Å². The Labute approximate surface area is 135 Å². The fourth-order valence-electron chi connectivity index (χ4n) is 2.33. The summed E-state index contributed by atoms with van der Waals surface area (Å²) in [6.07, 6.45) is 2.44. The van der Waals surface area contributed by atoms with Gasteiger partial charge in [-0.15, -0.1) is 0 Å². The topological polar surface area (TPSA) is 73.2 Å². The summed E-state index contributed by atoms with van der Waals surface area (Å²) >= 11 is 0. The number of imidazole rings is 1. The van der Waals surface area contributed by atoms with E-state index in [0.717, 1.165) is 11.0 Å². The molecule has 0 unspecified atom stereocenters. The van der Waals surface area contributed by atoms with Gasteiger partial charge in [0.25, 0.3) is 0 Å². The van der Waals surface area contributed by atoms with Crippen molar-refractivity contribution in [2.24, 2.45) is 0 Å². The molecule has 0 saturated carbocycles. The lowest BCUT2D eigenvalue weighted by molar-refractivity contribution is -0.147. The fraction of sp³-hybridized carbons (Fsp3) is 0.471. The number of esters is 1. The number of benzene rings is 1. The lowest BCUT2D eigenvalue weighted by Crippen LogP contribution is -2.31. The highest BCUT2D eigenvalue weighted by Crippen LogP contribution is 2.17. The van der Waals surface area contributed by atoms with E-state index < -0.39 is 0 Å². The summed E-state index contributed by atoms with van der Waals surface area (Å²) in [6, 6.07) is 7.33. The van der Waals surface area contributed by atoms with Crippen molar-refractivity contribution in [2.45, 2.75) is 45.8 Å². The predicted octanol–water partition coefficient (Wildman–Crippen LogP) is 2.45. The number of fused-ring (bicyclic) bond motifs is 1. The molecular formula is C17H23N3O3. The van der Waals surface area contributed by atoms with Crippen LogP contribution in [0.3, 0.4) is 0 Å². The van der Waals surface area contributed by atoms with Crippen molar-refractivity contribution in [1.29, 1.82) is 0 Å². The highest BCUT2D eigenvalue weighted by Gasteiger charge is 2.16. The van der Waals surface area contributed by atoms with Crippen LogP contribution in [0, 0.1) is 0 Å². The minimum Gasteiger partial charge on any atom is -0.463 e. The maximum absolute atomic E-state index is 12.2. The molecule has 1 atom stereocenters. The molecule has 23 heavy (non-hydrogen) atoms. The third-order valence-corrected chi connectivity index (χ3v) is 3.50. The molecule has 0 aliphatic heterocycles. The van der Waals surface area contributed by atoms with Gasteiger partial charge >= 0.3 is 5.97 Å². The van der Waals surface area contributed by atoms with Gasteiger partial charge in [0.2, 0.25) is 5.91 Å². The Morgan fingerprint density at radius 2 is 2.00 bits per heavy atom. The molecule has 0 bridgehead atoms. The number of carbonyl (C=O) groups is 2. The van der Waals surface area contributed by atoms with E-state index in [1.807, 2.05) is 49.6 Å². The summed E-state index contributed by atoms with van der Waals surface area (Å²) in [5, 5.41) is 2.85. The molecule has 1 N–H and O–H groups in total. The summed E-state index contributed by atoms with van der Waals surface area (Å²) in [5.74, 6) is -0.326. The van der Waals surface area contributed by atoms with Crippen molar-refractivity contribution in [3.8, 4) is 0 Å². The Bertz CT molecular complexity index is 679. The van der Waals surface area contributed by atoms with E-state index in [4.69, 9.17) is 4.74 Å². The number of nitrogens with zero attached hydrogens (tertiary/aromatic N) is 2.